The summed E-state index contributed by atoms with van der Waals surface area (Å²) >= 11 is 0. The summed E-state index contributed by atoms with van der Waals surface area (Å²) in [5.74, 6) is 0.385. The molecule has 0 aliphatic rings. The Balaban J connectivity index is 2.16. The standard InChI is InChI=1S/C17H21N3O/c1-11-10-15(19-12(2)18-11)16(21)20-14-8-6-13(7-9-14)17(3,4)5/h6-10H,1-5H3,(H,20,21). The van der Waals surface area contributed by atoms with Gasteiger partial charge >= 0.3 is 0 Å². The van der Waals surface area contributed by atoms with Crippen LogP contribution in [0.5, 0.6) is 0 Å². The van der Waals surface area contributed by atoms with Gasteiger partial charge in [0.05, 0.1) is 0 Å². The Morgan fingerprint density at radius 1 is 1.05 bits per heavy atom. The Morgan fingerprint density at radius 3 is 2.19 bits per heavy atom. The van der Waals surface area contributed by atoms with Crippen LogP contribution in [0.3, 0.4) is 0 Å². The van der Waals surface area contributed by atoms with Gasteiger partial charge in [-0.3, -0.25) is 4.79 Å². The van der Waals surface area contributed by atoms with Crippen LogP contribution in [-0.2, 0) is 5.41 Å². The minimum Gasteiger partial charge on any atom is -0.321 e. The topological polar surface area (TPSA) is 54.9 Å². The number of amides is 1. The van der Waals surface area contributed by atoms with Gasteiger partial charge in [0.25, 0.3) is 5.91 Å². The van der Waals surface area contributed by atoms with Crippen LogP contribution in [0.25, 0.3) is 0 Å². The number of carbonyl (C=O) groups is 1. The lowest BCUT2D eigenvalue weighted by Crippen LogP contribution is -2.16. The first-order valence-electron chi connectivity index (χ1n) is 7.00. The Morgan fingerprint density at radius 2 is 1.67 bits per heavy atom. The molecule has 0 spiro atoms. The summed E-state index contributed by atoms with van der Waals surface area (Å²) in [5.41, 5.74) is 3.27. The summed E-state index contributed by atoms with van der Waals surface area (Å²) in [6, 6.07) is 9.59. The molecule has 0 fully saturated rings. The number of benzene rings is 1. The van der Waals surface area contributed by atoms with E-state index in [1.807, 2.05) is 31.2 Å². The molecule has 0 atom stereocenters. The fraction of sp³-hybridized carbons (Fsp3) is 0.353. The first-order chi connectivity index (χ1) is 9.75. The summed E-state index contributed by atoms with van der Waals surface area (Å²) in [4.78, 5) is 20.5. The second kappa shape index (κ2) is 5.64. The van der Waals surface area contributed by atoms with Gasteiger partial charge in [0.1, 0.15) is 11.5 Å². The predicted molar refractivity (Wildman–Crippen MR) is 84.6 cm³/mol. The molecule has 0 saturated heterocycles. The molecule has 0 saturated carbocycles. The zero-order chi connectivity index (χ0) is 15.6. The van der Waals surface area contributed by atoms with E-state index >= 15 is 0 Å². The summed E-state index contributed by atoms with van der Waals surface area (Å²) < 4.78 is 0. The summed E-state index contributed by atoms with van der Waals surface area (Å²) in [6.07, 6.45) is 0. The van der Waals surface area contributed by atoms with E-state index < -0.39 is 0 Å². The molecule has 110 valence electrons. The Kier molecular flexibility index (Phi) is 4.07. The van der Waals surface area contributed by atoms with Gasteiger partial charge in [-0.2, -0.15) is 0 Å². The van der Waals surface area contributed by atoms with Crippen molar-refractivity contribution in [1.29, 1.82) is 0 Å². The number of aromatic nitrogens is 2. The normalized spacial score (nSPS) is 11.3. The largest absolute Gasteiger partial charge is 0.321 e. The van der Waals surface area contributed by atoms with E-state index in [4.69, 9.17) is 0 Å². The quantitative estimate of drug-likeness (QED) is 0.915. The van der Waals surface area contributed by atoms with Gasteiger partial charge in [-0.05, 0) is 43.0 Å². The molecule has 2 aromatic rings. The van der Waals surface area contributed by atoms with Crippen LogP contribution in [0.2, 0.25) is 0 Å². The van der Waals surface area contributed by atoms with E-state index in [1.165, 1.54) is 5.56 Å². The van der Waals surface area contributed by atoms with Crippen molar-refractivity contribution in [2.45, 2.75) is 40.0 Å². The second-order valence-corrected chi connectivity index (χ2v) is 6.22. The van der Waals surface area contributed by atoms with Crippen LogP contribution in [0.1, 0.15) is 48.3 Å². The smallest absolute Gasteiger partial charge is 0.274 e. The third-order valence-corrected chi connectivity index (χ3v) is 3.21. The first-order valence-corrected chi connectivity index (χ1v) is 7.00. The van der Waals surface area contributed by atoms with Crippen molar-refractivity contribution in [3.63, 3.8) is 0 Å². The maximum absolute atomic E-state index is 12.2. The van der Waals surface area contributed by atoms with Crippen molar-refractivity contribution in [3.8, 4) is 0 Å². The zero-order valence-electron chi connectivity index (χ0n) is 13.2. The SMILES string of the molecule is Cc1cc(C(=O)Nc2ccc(C(C)(C)C)cc2)nc(C)n1. The molecule has 0 unspecified atom stereocenters. The first kappa shape index (κ1) is 15.2. The van der Waals surface area contributed by atoms with Gasteiger partial charge < -0.3 is 5.32 Å². The van der Waals surface area contributed by atoms with Gasteiger partial charge in [0.15, 0.2) is 0 Å². The molecular weight excluding hydrogens is 262 g/mol. The summed E-state index contributed by atoms with van der Waals surface area (Å²) in [7, 11) is 0. The molecule has 1 N–H and O–H groups in total. The van der Waals surface area contributed by atoms with E-state index in [0.29, 0.717) is 11.5 Å². The minimum absolute atomic E-state index is 0.101. The molecule has 1 heterocycles. The maximum atomic E-state index is 12.2. The van der Waals surface area contributed by atoms with Crippen molar-refractivity contribution >= 4 is 11.6 Å². The van der Waals surface area contributed by atoms with Gasteiger partial charge in [-0.25, -0.2) is 9.97 Å². The number of carbonyl (C=O) groups excluding carboxylic acids is 1. The lowest BCUT2D eigenvalue weighted by atomic mass is 9.87. The number of anilines is 1. The number of aryl methyl sites for hydroxylation is 2. The number of rotatable bonds is 2. The average molecular weight is 283 g/mol. The maximum Gasteiger partial charge on any atom is 0.274 e. The van der Waals surface area contributed by atoms with Crippen molar-refractivity contribution in [2.24, 2.45) is 0 Å². The van der Waals surface area contributed by atoms with Gasteiger partial charge in [0.2, 0.25) is 0 Å². The molecule has 1 aromatic carbocycles. The minimum atomic E-state index is -0.216. The zero-order valence-corrected chi connectivity index (χ0v) is 13.2. The fourth-order valence-corrected chi connectivity index (χ4v) is 2.08. The highest BCUT2D eigenvalue weighted by Gasteiger charge is 2.14. The molecule has 0 radical (unpaired) electrons. The van der Waals surface area contributed by atoms with Crippen LogP contribution in [0.15, 0.2) is 30.3 Å². The second-order valence-electron chi connectivity index (χ2n) is 6.22. The molecule has 2 rings (SSSR count). The molecule has 1 aromatic heterocycles. The molecule has 4 nitrogen and oxygen atoms in total. The summed E-state index contributed by atoms with van der Waals surface area (Å²) in [5, 5.41) is 2.86. The molecule has 21 heavy (non-hydrogen) atoms. The molecule has 4 heteroatoms. The predicted octanol–water partition coefficient (Wildman–Crippen LogP) is 3.64. The number of nitrogens with one attached hydrogen (secondary N) is 1. The van der Waals surface area contributed by atoms with Crippen molar-refractivity contribution in [3.05, 3.63) is 53.1 Å². The monoisotopic (exact) mass is 283 g/mol. The van der Waals surface area contributed by atoms with Crippen LogP contribution in [-0.4, -0.2) is 15.9 Å². The van der Waals surface area contributed by atoms with Crippen LogP contribution < -0.4 is 5.32 Å². The van der Waals surface area contributed by atoms with Crippen molar-refractivity contribution in [1.82, 2.24) is 9.97 Å². The van der Waals surface area contributed by atoms with Crippen LogP contribution in [0, 0.1) is 13.8 Å². The summed E-state index contributed by atoms with van der Waals surface area (Å²) in [6.45, 7) is 10.1. The third-order valence-electron chi connectivity index (χ3n) is 3.21. The Bertz CT molecular complexity index is 634. The molecule has 0 aliphatic carbocycles. The van der Waals surface area contributed by atoms with E-state index in [9.17, 15) is 4.79 Å². The molecule has 0 bridgehead atoms. The van der Waals surface area contributed by atoms with Crippen molar-refractivity contribution < 1.29 is 4.79 Å². The molecule has 0 aliphatic heterocycles. The molecule has 1 amide bonds. The van der Waals surface area contributed by atoms with E-state index in [0.717, 1.165) is 11.4 Å². The van der Waals surface area contributed by atoms with E-state index in [1.54, 1.807) is 13.0 Å². The Labute approximate surface area is 125 Å². The molecular formula is C17H21N3O. The highest BCUT2D eigenvalue weighted by atomic mass is 16.1. The third kappa shape index (κ3) is 3.88. The Hall–Kier alpha value is -2.23. The number of nitrogens with zero attached hydrogens (tertiary/aromatic N) is 2. The van der Waals surface area contributed by atoms with Gasteiger partial charge in [0, 0.05) is 11.4 Å². The van der Waals surface area contributed by atoms with E-state index in [2.05, 4.69) is 36.1 Å². The van der Waals surface area contributed by atoms with E-state index in [-0.39, 0.29) is 11.3 Å². The lowest BCUT2D eigenvalue weighted by Gasteiger charge is -2.19. The van der Waals surface area contributed by atoms with Gasteiger partial charge in [-0.1, -0.05) is 32.9 Å². The highest BCUT2D eigenvalue weighted by molar-refractivity contribution is 6.02. The fourth-order valence-electron chi connectivity index (χ4n) is 2.08. The lowest BCUT2D eigenvalue weighted by molar-refractivity contribution is 0.102. The van der Waals surface area contributed by atoms with Gasteiger partial charge in [-0.15, -0.1) is 0 Å². The average Bonchev–Trinajstić information content (AvgIpc) is 2.37. The van der Waals surface area contributed by atoms with Crippen LogP contribution >= 0.6 is 0 Å². The highest BCUT2D eigenvalue weighted by Crippen LogP contribution is 2.23. The van der Waals surface area contributed by atoms with Crippen LogP contribution in [0.4, 0.5) is 5.69 Å². The number of hydrogen-bond acceptors (Lipinski definition) is 3. The number of hydrogen-bond donors (Lipinski definition) is 1. The van der Waals surface area contributed by atoms with Crippen molar-refractivity contribution in [2.75, 3.05) is 5.32 Å².